The normalized spacial score (nSPS) is 20.3. The zero-order valence-electron chi connectivity index (χ0n) is 19.9. The standard InChI is InChI=1S/C25H30FN3O4S/c1-16-6-5-11-28(14-16)34(32,33)19-9-10-22-20(13-19)25(3,4)24(31)29(22)15-23(30)27-18-8-7-17(2)21(26)12-18/h7-10,12-13,16H,5-6,11,14-15H2,1-4H3,(H,27,30)/t16-/m0/s1. The highest BCUT2D eigenvalue weighted by molar-refractivity contribution is 7.89. The molecular formula is C25H30FN3O4S. The van der Waals surface area contributed by atoms with Crippen molar-refractivity contribution >= 4 is 33.2 Å². The van der Waals surface area contributed by atoms with Crippen molar-refractivity contribution < 1.29 is 22.4 Å². The van der Waals surface area contributed by atoms with E-state index in [2.05, 4.69) is 5.32 Å². The first-order valence-corrected chi connectivity index (χ1v) is 12.9. The number of rotatable bonds is 5. The first-order valence-electron chi connectivity index (χ1n) is 11.4. The molecule has 0 spiro atoms. The number of fused-ring (bicyclic) bond motifs is 1. The number of anilines is 2. The summed E-state index contributed by atoms with van der Waals surface area (Å²) < 4.78 is 41.9. The highest BCUT2D eigenvalue weighted by Gasteiger charge is 2.45. The molecule has 2 heterocycles. The van der Waals surface area contributed by atoms with E-state index in [0.29, 0.717) is 41.5 Å². The summed E-state index contributed by atoms with van der Waals surface area (Å²) in [6.45, 7) is 7.82. The molecule has 2 amide bonds. The first kappa shape index (κ1) is 24.3. The van der Waals surface area contributed by atoms with Crippen molar-refractivity contribution in [3.05, 3.63) is 53.3 Å². The van der Waals surface area contributed by atoms with Gasteiger partial charge in [-0.2, -0.15) is 4.31 Å². The third-order valence-electron chi connectivity index (χ3n) is 6.73. The smallest absolute Gasteiger partial charge is 0.244 e. The van der Waals surface area contributed by atoms with E-state index in [0.717, 1.165) is 12.8 Å². The number of benzene rings is 2. The van der Waals surface area contributed by atoms with E-state index in [1.165, 1.54) is 21.3 Å². The van der Waals surface area contributed by atoms with E-state index in [9.17, 15) is 22.4 Å². The number of aryl methyl sites for hydroxylation is 1. The SMILES string of the molecule is Cc1ccc(NC(=O)CN2C(=O)C(C)(C)c3cc(S(=O)(=O)N4CCC[C@H](C)C4)ccc32)cc1F. The number of carbonyl (C=O) groups excluding carboxylic acids is 2. The van der Waals surface area contributed by atoms with Crippen LogP contribution in [0.1, 0.15) is 44.7 Å². The summed E-state index contributed by atoms with van der Waals surface area (Å²) in [7, 11) is -3.68. The molecule has 2 aromatic rings. The lowest BCUT2D eigenvalue weighted by molar-refractivity contribution is -0.124. The Kier molecular flexibility index (Phi) is 6.29. The Balaban J connectivity index is 1.59. The zero-order valence-corrected chi connectivity index (χ0v) is 20.7. The molecule has 2 aliphatic heterocycles. The fourth-order valence-electron chi connectivity index (χ4n) is 4.66. The maximum Gasteiger partial charge on any atom is 0.244 e. The Hall–Kier alpha value is -2.78. The van der Waals surface area contributed by atoms with Crippen LogP contribution >= 0.6 is 0 Å². The molecule has 1 saturated heterocycles. The monoisotopic (exact) mass is 487 g/mol. The van der Waals surface area contributed by atoms with E-state index in [1.54, 1.807) is 45.0 Å². The van der Waals surface area contributed by atoms with Gasteiger partial charge in [0, 0.05) is 24.5 Å². The molecule has 2 aliphatic rings. The molecule has 2 aromatic carbocycles. The molecule has 7 nitrogen and oxygen atoms in total. The summed E-state index contributed by atoms with van der Waals surface area (Å²) in [4.78, 5) is 27.4. The van der Waals surface area contributed by atoms with Gasteiger partial charge in [0.05, 0.1) is 10.3 Å². The van der Waals surface area contributed by atoms with Gasteiger partial charge in [-0.05, 0) is 81.0 Å². The van der Waals surface area contributed by atoms with Gasteiger partial charge in [0.1, 0.15) is 12.4 Å². The van der Waals surface area contributed by atoms with Crippen molar-refractivity contribution in [3.8, 4) is 0 Å². The van der Waals surface area contributed by atoms with Gasteiger partial charge in [-0.1, -0.05) is 13.0 Å². The lowest BCUT2D eigenvalue weighted by Gasteiger charge is -2.30. The molecule has 34 heavy (non-hydrogen) atoms. The summed E-state index contributed by atoms with van der Waals surface area (Å²) in [5, 5.41) is 2.62. The third kappa shape index (κ3) is 4.34. The third-order valence-corrected chi connectivity index (χ3v) is 8.59. The van der Waals surface area contributed by atoms with Gasteiger partial charge in [0.25, 0.3) is 0 Å². The molecule has 9 heteroatoms. The average molecular weight is 488 g/mol. The van der Waals surface area contributed by atoms with Crippen LogP contribution in [0.15, 0.2) is 41.3 Å². The molecule has 0 saturated carbocycles. The van der Waals surface area contributed by atoms with E-state index >= 15 is 0 Å². The predicted octanol–water partition coefficient (Wildman–Crippen LogP) is 3.82. The van der Waals surface area contributed by atoms with Gasteiger partial charge < -0.3 is 10.2 Å². The summed E-state index contributed by atoms with van der Waals surface area (Å²) in [5.74, 6) is -0.904. The van der Waals surface area contributed by atoms with Gasteiger partial charge in [-0.25, -0.2) is 12.8 Å². The number of carbonyl (C=O) groups is 2. The second-order valence-corrected chi connectivity index (χ2v) is 11.8. The molecule has 1 N–H and O–H groups in total. The molecule has 0 radical (unpaired) electrons. The van der Waals surface area contributed by atoms with Crippen molar-refractivity contribution in [1.82, 2.24) is 4.31 Å². The van der Waals surface area contributed by atoms with Crippen LogP contribution in [0.25, 0.3) is 0 Å². The van der Waals surface area contributed by atoms with Gasteiger partial charge in [-0.15, -0.1) is 0 Å². The fourth-order valence-corrected chi connectivity index (χ4v) is 6.28. The fraction of sp³-hybridized carbons (Fsp3) is 0.440. The highest BCUT2D eigenvalue weighted by Crippen LogP contribution is 2.43. The number of nitrogens with zero attached hydrogens (tertiary/aromatic N) is 2. The summed E-state index contributed by atoms with van der Waals surface area (Å²) in [6, 6.07) is 9.06. The van der Waals surface area contributed by atoms with E-state index < -0.39 is 27.2 Å². The lowest BCUT2D eigenvalue weighted by atomic mass is 9.86. The van der Waals surface area contributed by atoms with E-state index in [1.807, 2.05) is 6.92 Å². The number of amides is 2. The maximum atomic E-state index is 13.8. The number of piperidine rings is 1. The van der Waals surface area contributed by atoms with E-state index in [-0.39, 0.29) is 17.3 Å². The predicted molar refractivity (Wildman–Crippen MR) is 129 cm³/mol. The summed E-state index contributed by atoms with van der Waals surface area (Å²) >= 11 is 0. The van der Waals surface area contributed by atoms with Gasteiger partial charge in [-0.3, -0.25) is 9.59 Å². The minimum absolute atomic E-state index is 0.155. The zero-order chi connectivity index (χ0) is 24.8. The topological polar surface area (TPSA) is 86.8 Å². The Bertz CT molecular complexity index is 1260. The van der Waals surface area contributed by atoms with Gasteiger partial charge in [0.15, 0.2) is 0 Å². The molecule has 0 unspecified atom stereocenters. The molecule has 1 fully saturated rings. The Labute approximate surface area is 200 Å². The van der Waals surface area contributed by atoms with Crippen molar-refractivity contribution in [2.45, 2.75) is 50.8 Å². The molecule has 4 rings (SSSR count). The van der Waals surface area contributed by atoms with Crippen molar-refractivity contribution in [2.24, 2.45) is 5.92 Å². The van der Waals surface area contributed by atoms with Crippen LogP contribution in [-0.4, -0.2) is 44.2 Å². The second kappa shape index (κ2) is 8.78. The van der Waals surface area contributed by atoms with Gasteiger partial charge >= 0.3 is 0 Å². The van der Waals surface area contributed by atoms with Crippen LogP contribution in [0.4, 0.5) is 15.8 Å². The van der Waals surface area contributed by atoms with Gasteiger partial charge in [0.2, 0.25) is 21.8 Å². The van der Waals surface area contributed by atoms with Crippen LogP contribution < -0.4 is 10.2 Å². The number of halogens is 1. The molecular weight excluding hydrogens is 457 g/mol. The molecule has 1 atom stereocenters. The summed E-state index contributed by atoms with van der Waals surface area (Å²) in [5.41, 5.74) is 0.848. The van der Waals surface area contributed by atoms with Crippen LogP contribution in [0.5, 0.6) is 0 Å². The van der Waals surface area contributed by atoms with Crippen molar-refractivity contribution in [3.63, 3.8) is 0 Å². The number of hydrogen-bond donors (Lipinski definition) is 1. The van der Waals surface area contributed by atoms with Crippen molar-refractivity contribution in [2.75, 3.05) is 29.9 Å². The Morgan fingerprint density at radius 3 is 2.62 bits per heavy atom. The Morgan fingerprint density at radius 2 is 1.94 bits per heavy atom. The van der Waals surface area contributed by atoms with Crippen LogP contribution in [0, 0.1) is 18.7 Å². The van der Waals surface area contributed by atoms with Crippen LogP contribution in [-0.2, 0) is 25.0 Å². The quantitative estimate of drug-likeness (QED) is 0.695. The first-order chi connectivity index (χ1) is 15.9. The number of hydrogen-bond acceptors (Lipinski definition) is 4. The second-order valence-electron chi connectivity index (χ2n) is 9.82. The lowest BCUT2D eigenvalue weighted by Crippen LogP contribution is -2.40. The average Bonchev–Trinajstić information content (AvgIpc) is 2.96. The van der Waals surface area contributed by atoms with Crippen LogP contribution in [0.2, 0.25) is 0 Å². The van der Waals surface area contributed by atoms with Crippen molar-refractivity contribution in [1.29, 1.82) is 0 Å². The Morgan fingerprint density at radius 1 is 1.21 bits per heavy atom. The number of nitrogens with one attached hydrogen (secondary N) is 1. The molecule has 0 bridgehead atoms. The number of sulfonamides is 1. The maximum absolute atomic E-state index is 13.8. The molecule has 0 aromatic heterocycles. The molecule has 0 aliphatic carbocycles. The summed E-state index contributed by atoms with van der Waals surface area (Å²) in [6.07, 6.45) is 1.83. The largest absolute Gasteiger partial charge is 0.324 e. The highest BCUT2D eigenvalue weighted by atomic mass is 32.2. The minimum Gasteiger partial charge on any atom is -0.324 e. The van der Waals surface area contributed by atoms with E-state index in [4.69, 9.17) is 0 Å². The van der Waals surface area contributed by atoms with Crippen LogP contribution in [0.3, 0.4) is 0 Å². The molecule has 182 valence electrons. The minimum atomic E-state index is -3.68.